The number of aryl methyl sites for hydroxylation is 1. The maximum Gasteiger partial charge on any atom is 0.223 e. The van der Waals surface area contributed by atoms with E-state index in [4.69, 9.17) is 4.74 Å². The predicted molar refractivity (Wildman–Crippen MR) is 119 cm³/mol. The number of nitrogens with one attached hydrogen (secondary N) is 1. The van der Waals surface area contributed by atoms with Crippen molar-refractivity contribution in [2.45, 2.75) is 71.6 Å². The van der Waals surface area contributed by atoms with Gasteiger partial charge in [-0.1, -0.05) is 76.3 Å². The molecular weight excluding hydrogens is 346 g/mol. The van der Waals surface area contributed by atoms with Gasteiger partial charge in [0.25, 0.3) is 0 Å². The Balaban J connectivity index is 1.79. The Morgan fingerprint density at radius 2 is 1.71 bits per heavy atom. The highest BCUT2D eigenvalue weighted by Crippen LogP contribution is 2.28. The summed E-state index contributed by atoms with van der Waals surface area (Å²) in [5.41, 5.74) is 1.31. The van der Waals surface area contributed by atoms with Gasteiger partial charge in [-0.05, 0) is 42.7 Å². The molecule has 0 aliphatic carbocycles. The molecule has 2 aromatic carbocycles. The smallest absolute Gasteiger partial charge is 0.223 e. The van der Waals surface area contributed by atoms with Crippen molar-refractivity contribution in [1.29, 1.82) is 0 Å². The highest BCUT2D eigenvalue weighted by atomic mass is 16.5. The standard InChI is InChI=1S/C25H37NO2/c1-4-6-7-8-9-13-20(5-2)25(27)26-19-12-14-21-17-18-24(28-3)23-16-11-10-15-22(21)23/h10-11,15-18,20H,4-9,12-14,19H2,1-3H3,(H,26,27). The van der Waals surface area contributed by atoms with E-state index in [-0.39, 0.29) is 11.8 Å². The van der Waals surface area contributed by atoms with Crippen molar-refractivity contribution in [2.24, 2.45) is 5.92 Å². The van der Waals surface area contributed by atoms with Gasteiger partial charge in [0.05, 0.1) is 7.11 Å². The maximum absolute atomic E-state index is 12.5. The molecule has 0 spiro atoms. The Hall–Kier alpha value is -2.03. The minimum Gasteiger partial charge on any atom is -0.496 e. The van der Waals surface area contributed by atoms with Crippen LogP contribution in [0.2, 0.25) is 0 Å². The van der Waals surface area contributed by atoms with Crippen LogP contribution in [0.1, 0.15) is 70.8 Å². The topological polar surface area (TPSA) is 38.3 Å². The molecule has 154 valence electrons. The zero-order valence-corrected chi connectivity index (χ0v) is 17.9. The van der Waals surface area contributed by atoms with Crippen LogP contribution in [-0.2, 0) is 11.2 Å². The lowest BCUT2D eigenvalue weighted by atomic mass is 9.97. The maximum atomic E-state index is 12.5. The minimum atomic E-state index is 0.170. The van der Waals surface area contributed by atoms with Gasteiger partial charge in [0, 0.05) is 17.8 Å². The van der Waals surface area contributed by atoms with Crippen molar-refractivity contribution < 1.29 is 9.53 Å². The summed E-state index contributed by atoms with van der Waals surface area (Å²) in [5.74, 6) is 1.32. The van der Waals surface area contributed by atoms with Crippen LogP contribution in [-0.4, -0.2) is 19.6 Å². The fraction of sp³-hybridized carbons (Fsp3) is 0.560. The first-order valence-electron chi connectivity index (χ1n) is 11.0. The van der Waals surface area contributed by atoms with Gasteiger partial charge in [-0.3, -0.25) is 4.79 Å². The summed E-state index contributed by atoms with van der Waals surface area (Å²) < 4.78 is 5.48. The molecule has 3 nitrogen and oxygen atoms in total. The van der Waals surface area contributed by atoms with Gasteiger partial charge in [0.1, 0.15) is 5.75 Å². The van der Waals surface area contributed by atoms with Crippen LogP contribution in [0, 0.1) is 5.92 Å². The molecule has 3 heteroatoms. The van der Waals surface area contributed by atoms with E-state index >= 15 is 0 Å². The lowest BCUT2D eigenvalue weighted by Gasteiger charge is -2.15. The van der Waals surface area contributed by atoms with Gasteiger partial charge in [0.2, 0.25) is 5.91 Å². The van der Waals surface area contributed by atoms with Gasteiger partial charge in [-0.25, -0.2) is 0 Å². The van der Waals surface area contributed by atoms with Crippen LogP contribution in [0.25, 0.3) is 10.8 Å². The number of unbranched alkanes of at least 4 members (excludes halogenated alkanes) is 4. The van der Waals surface area contributed by atoms with E-state index in [0.29, 0.717) is 0 Å². The number of amides is 1. The van der Waals surface area contributed by atoms with E-state index in [0.717, 1.165) is 43.4 Å². The molecule has 1 atom stereocenters. The summed E-state index contributed by atoms with van der Waals surface area (Å²) in [6.07, 6.45) is 10.2. The number of rotatable bonds is 13. The molecule has 28 heavy (non-hydrogen) atoms. The number of fused-ring (bicyclic) bond motifs is 1. The van der Waals surface area contributed by atoms with Gasteiger partial charge >= 0.3 is 0 Å². The van der Waals surface area contributed by atoms with E-state index in [1.165, 1.54) is 43.1 Å². The Morgan fingerprint density at radius 1 is 0.964 bits per heavy atom. The normalized spacial score (nSPS) is 12.1. The first kappa shape index (κ1) is 22.3. The van der Waals surface area contributed by atoms with Crippen LogP contribution in [0.15, 0.2) is 36.4 Å². The van der Waals surface area contributed by atoms with Crippen molar-refractivity contribution in [2.75, 3.05) is 13.7 Å². The second kappa shape index (κ2) is 12.4. The average molecular weight is 384 g/mol. The molecule has 1 amide bonds. The Bertz CT molecular complexity index is 726. The molecule has 1 unspecified atom stereocenters. The highest BCUT2D eigenvalue weighted by molar-refractivity contribution is 5.91. The molecule has 0 saturated heterocycles. The minimum absolute atomic E-state index is 0.170. The van der Waals surface area contributed by atoms with Crippen LogP contribution in [0.5, 0.6) is 5.75 Å². The number of carbonyl (C=O) groups excluding carboxylic acids is 1. The zero-order valence-electron chi connectivity index (χ0n) is 17.9. The summed E-state index contributed by atoms with van der Waals surface area (Å²) >= 11 is 0. The number of hydrogen-bond donors (Lipinski definition) is 1. The van der Waals surface area contributed by atoms with Crippen molar-refractivity contribution >= 4 is 16.7 Å². The van der Waals surface area contributed by atoms with Gasteiger partial charge < -0.3 is 10.1 Å². The highest BCUT2D eigenvalue weighted by Gasteiger charge is 2.15. The number of carbonyl (C=O) groups is 1. The third-order valence-corrected chi connectivity index (χ3v) is 5.64. The summed E-state index contributed by atoms with van der Waals surface area (Å²) in [4.78, 5) is 12.5. The fourth-order valence-corrected chi connectivity index (χ4v) is 3.88. The van der Waals surface area contributed by atoms with E-state index in [9.17, 15) is 4.79 Å². The summed E-state index contributed by atoms with van der Waals surface area (Å²) in [7, 11) is 1.71. The molecule has 0 aliphatic heterocycles. The first-order valence-corrected chi connectivity index (χ1v) is 11.0. The number of hydrogen-bond acceptors (Lipinski definition) is 2. The number of methoxy groups -OCH3 is 1. The van der Waals surface area contributed by atoms with Crippen molar-refractivity contribution in [3.8, 4) is 5.75 Å². The van der Waals surface area contributed by atoms with Crippen LogP contribution < -0.4 is 10.1 Å². The molecule has 2 rings (SSSR count). The second-order valence-electron chi connectivity index (χ2n) is 7.68. The van der Waals surface area contributed by atoms with E-state index in [1.807, 2.05) is 12.1 Å². The molecular formula is C25H37NO2. The largest absolute Gasteiger partial charge is 0.496 e. The van der Waals surface area contributed by atoms with E-state index in [2.05, 4.69) is 43.4 Å². The van der Waals surface area contributed by atoms with Crippen molar-refractivity contribution in [3.05, 3.63) is 42.0 Å². The lowest BCUT2D eigenvalue weighted by Crippen LogP contribution is -2.31. The second-order valence-corrected chi connectivity index (χ2v) is 7.68. The first-order chi connectivity index (χ1) is 13.7. The Labute approximate surface area is 170 Å². The average Bonchev–Trinajstić information content (AvgIpc) is 2.73. The monoisotopic (exact) mass is 383 g/mol. The predicted octanol–water partition coefficient (Wildman–Crippen LogP) is 6.28. The Morgan fingerprint density at radius 3 is 2.43 bits per heavy atom. The molecule has 0 saturated carbocycles. The van der Waals surface area contributed by atoms with Crippen LogP contribution >= 0.6 is 0 Å². The van der Waals surface area contributed by atoms with Gasteiger partial charge in [-0.15, -0.1) is 0 Å². The molecule has 0 fully saturated rings. The quantitative estimate of drug-likeness (QED) is 0.413. The van der Waals surface area contributed by atoms with Crippen molar-refractivity contribution in [1.82, 2.24) is 5.32 Å². The molecule has 0 bridgehead atoms. The molecule has 0 aromatic heterocycles. The van der Waals surface area contributed by atoms with Gasteiger partial charge in [-0.2, -0.15) is 0 Å². The number of benzene rings is 2. The molecule has 1 N–H and O–H groups in total. The lowest BCUT2D eigenvalue weighted by molar-refractivity contribution is -0.125. The third kappa shape index (κ3) is 6.54. The zero-order chi connectivity index (χ0) is 20.2. The van der Waals surface area contributed by atoms with Crippen LogP contribution in [0.4, 0.5) is 0 Å². The molecule has 0 heterocycles. The van der Waals surface area contributed by atoms with Crippen LogP contribution in [0.3, 0.4) is 0 Å². The molecule has 2 aromatic rings. The summed E-state index contributed by atoms with van der Waals surface area (Å²) in [5, 5.41) is 5.56. The third-order valence-electron chi connectivity index (χ3n) is 5.64. The number of ether oxygens (including phenoxy) is 1. The summed E-state index contributed by atoms with van der Waals surface area (Å²) in [6, 6.07) is 12.6. The summed E-state index contributed by atoms with van der Waals surface area (Å²) in [6.45, 7) is 5.10. The Kier molecular flexibility index (Phi) is 9.88. The van der Waals surface area contributed by atoms with Gasteiger partial charge in [0.15, 0.2) is 0 Å². The van der Waals surface area contributed by atoms with Crippen molar-refractivity contribution in [3.63, 3.8) is 0 Å². The molecule has 0 aliphatic rings. The molecule has 0 radical (unpaired) electrons. The SMILES string of the molecule is CCCCCCCC(CC)C(=O)NCCCc1ccc(OC)c2ccccc12. The fourth-order valence-electron chi connectivity index (χ4n) is 3.88. The van der Waals surface area contributed by atoms with E-state index in [1.54, 1.807) is 7.11 Å². The van der Waals surface area contributed by atoms with E-state index < -0.39 is 0 Å².